The van der Waals surface area contributed by atoms with E-state index < -0.39 is 31.1 Å². The van der Waals surface area contributed by atoms with Crippen molar-refractivity contribution in [2.24, 2.45) is 0 Å². The van der Waals surface area contributed by atoms with E-state index in [1.165, 1.54) is 6.33 Å². The molecular formula is C23H18ClN3O5. The molecule has 0 aliphatic carbocycles. The van der Waals surface area contributed by atoms with Gasteiger partial charge in [-0.05, 0) is 30.3 Å². The third kappa shape index (κ3) is 2.78. The molecule has 4 heterocycles. The van der Waals surface area contributed by atoms with Gasteiger partial charge in [0.05, 0.1) is 17.5 Å². The van der Waals surface area contributed by atoms with E-state index in [-0.39, 0.29) is 0 Å². The summed E-state index contributed by atoms with van der Waals surface area (Å²) in [7, 11) is 0. The Morgan fingerprint density at radius 3 is 2.66 bits per heavy atom. The van der Waals surface area contributed by atoms with Crippen molar-refractivity contribution in [2.75, 3.05) is 6.61 Å². The van der Waals surface area contributed by atoms with Crippen molar-refractivity contribution in [1.29, 1.82) is 0 Å². The smallest absolute Gasteiger partial charge is 0.165 e. The molecule has 3 aromatic heterocycles. The molecule has 32 heavy (non-hydrogen) atoms. The van der Waals surface area contributed by atoms with Crippen LogP contribution in [-0.2, 0) is 4.74 Å². The number of hydrogen-bond acceptors (Lipinski definition) is 7. The van der Waals surface area contributed by atoms with E-state index in [9.17, 15) is 15.3 Å². The normalized spacial score (nSPS) is 23.6. The van der Waals surface area contributed by atoms with Crippen LogP contribution in [0.15, 0.2) is 59.3 Å². The van der Waals surface area contributed by atoms with Crippen LogP contribution in [0.2, 0.25) is 5.02 Å². The molecule has 3 N–H and O–H groups in total. The monoisotopic (exact) mass is 451 g/mol. The van der Waals surface area contributed by atoms with E-state index in [0.717, 1.165) is 16.4 Å². The van der Waals surface area contributed by atoms with Gasteiger partial charge in [-0.15, -0.1) is 0 Å². The molecule has 162 valence electrons. The SMILES string of the molecule is OC[C@H]1O[C@@H](n2c3ccc(Cl)cc3c3c(-c4cc5ccccc5o4)ncnc32)[C@H](O)[C@@H]1O. The van der Waals surface area contributed by atoms with E-state index in [1.54, 1.807) is 22.8 Å². The highest BCUT2D eigenvalue weighted by atomic mass is 35.5. The Kier molecular flexibility index (Phi) is 4.46. The maximum absolute atomic E-state index is 10.7. The largest absolute Gasteiger partial charge is 0.454 e. The predicted octanol–water partition coefficient (Wildman–Crippen LogP) is 3.26. The van der Waals surface area contributed by atoms with Gasteiger partial charge in [-0.2, -0.15) is 0 Å². The van der Waals surface area contributed by atoms with Crippen LogP contribution in [0.25, 0.3) is 44.4 Å². The van der Waals surface area contributed by atoms with Gasteiger partial charge in [0.15, 0.2) is 12.0 Å². The molecule has 8 nitrogen and oxygen atoms in total. The highest BCUT2D eigenvalue weighted by molar-refractivity contribution is 6.32. The van der Waals surface area contributed by atoms with Crippen molar-refractivity contribution < 1.29 is 24.5 Å². The lowest BCUT2D eigenvalue weighted by molar-refractivity contribution is -0.0489. The van der Waals surface area contributed by atoms with Gasteiger partial charge in [0.1, 0.15) is 41.6 Å². The molecule has 0 spiro atoms. The average molecular weight is 452 g/mol. The van der Waals surface area contributed by atoms with Crippen LogP contribution in [0, 0.1) is 0 Å². The standard InChI is InChI=1S/C23H18ClN3O5/c24-12-5-6-14-13(8-12)18-19(16-7-11-3-1-2-4-15(11)31-16)25-10-26-22(18)27(14)23-21(30)20(29)17(9-28)32-23/h1-8,10,17,20-21,23,28-30H,9H2/t17-,20-,21-,23-/m1/s1. The number of nitrogens with zero attached hydrogens (tertiary/aromatic N) is 3. The topological polar surface area (TPSA) is 114 Å². The number of halogens is 1. The molecule has 1 fully saturated rings. The second kappa shape index (κ2) is 7.26. The zero-order valence-corrected chi connectivity index (χ0v) is 17.3. The Morgan fingerprint density at radius 2 is 1.88 bits per heavy atom. The van der Waals surface area contributed by atoms with Gasteiger partial charge in [0, 0.05) is 15.8 Å². The highest BCUT2D eigenvalue weighted by Gasteiger charge is 2.44. The van der Waals surface area contributed by atoms with Gasteiger partial charge < -0.3 is 24.5 Å². The van der Waals surface area contributed by atoms with Gasteiger partial charge in [-0.25, -0.2) is 9.97 Å². The minimum absolute atomic E-state index is 0.420. The Hall–Kier alpha value is -3.01. The summed E-state index contributed by atoms with van der Waals surface area (Å²) >= 11 is 6.32. The van der Waals surface area contributed by atoms with Gasteiger partial charge in [-0.3, -0.25) is 4.57 Å². The molecule has 0 amide bonds. The lowest BCUT2D eigenvalue weighted by Gasteiger charge is -2.18. The van der Waals surface area contributed by atoms with Crippen molar-refractivity contribution in [2.45, 2.75) is 24.5 Å². The van der Waals surface area contributed by atoms with E-state index in [1.807, 2.05) is 30.3 Å². The number of aromatic nitrogens is 3. The molecule has 0 bridgehead atoms. The number of ether oxygens (including phenoxy) is 1. The van der Waals surface area contributed by atoms with Gasteiger partial charge in [-0.1, -0.05) is 29.8 Å². The van der Waals surface area contributed by atoms with Crippen molar-refractivity contribution in [3.63, 3.8) is 0 Å². The summed E-state index contributed by atoms with van der Waals surface area (Å²) < 4.78 is 13.6. The first-order valence-electron chi connectivity index (χ1n) is 10.1. The van der Waals surface area contributed by atoms with Gasteiger partial charge >= 0.3 is 0 Å². The molecule has 1 aliphatic rings. The zero-order chi connectivity index (χ0) is 22.0. The molecule has 6 rings (SSSR count). The number of para-hydroxylation sites is 1. The lowest BCUT2D eigenvalue weighted by Crippen LogP contribution is -2.33. The lowest BCUT2D eigenvalue weighted by atomic mass is 10.1. The minimum Gasteiger partial charge on any atom is -0.454 e. The minimum atomic E-state index is -1.26. The Bertz CT molecular complexity index is 1450. The summed E-state index contributed by atoms with van der Waals surface area (Å²) in [5.74, 6) is 0.568. The molecular weight excluding hydrogens is 434 g/mol. The summed E-state index contributed by atoms with van der Waals surface area (Å²) in [6, 6.07) is 14.9. The fraction of sp³-hybridized carbons (Fsp3) is 0.217. The molecule has 9 heteroatoms. The molecule has 1 aliphatic heterocycles. The summed E-state index contributed by atoms with van der Waals surface area (Å²) in [5.41, 5.74) is 2.49. The van der Waals surface area contributed by atoms with Crippen molar-refractivity contribution in [3.05, 3.63) is 59.9 Å². The molecule has 2 aromatic carbocycles. The summed E-state index contributed by atoms with van der Waals surface area (Å²) in [6.45, 7) is -0.420. The Morgan fingerprint density at radius 1 is 1.03 bits per heavy atom. The van der Waals surface area contributed by atoms with Crippen molar-refractivity contribution >= 4 is 44.5 Å². The maximum Gasteiger partial charge on any atom is 0.165 e. The number of aliphatic hydroxyl groups excluding tert-OH is 3. The molecule has 0 unspecified atom stereocenters. The first-order valence-corrected chi connectivity index (χ1v) is 10.5. The number of furan rings is 1. The first-order chi connectivity index (χ1) is 15.6. The fourth-order valence-electron chi connectivity index (χ4n) is 4.48. The quantitative estimate of drug-likeness (QED) is 0.385. The highest BCUT2D eigenvalue weighted by Crippen LogP contribution is 2.41. The summed E-state index contributed by atoms with van der Waals surface area (Å²) in [6.07, 6.45) is -2.94. The molecule has 0 radical (unpaired) electrons. The number of fused-ring (bicyclic) bond motifs is 4. The third-order valence-electron chi connectivity index (χ3n) is 5.97. The van der Waals surface area contributed by atoms with Crippen LogP contribution < -0.4 is 0 Å². The van der Waals surface area contributed by atoms with Crippen LogP contribution in [0.3, 0.4) is 0 Å². The molecule has 0 saturated carbocycles. The van der Waals surface area contributed by atoms with E-state index in [0.29, 0.717) is 33.0 Å². The second-order valence-electron chi connectivity index (χ2n) is 7.83. The second-order valence-corrected chi connectivity index (χ2v) is 8.27. The van der Waals surface area contributed by atoms with Crippen LogP contribution in [0.4, 0.5) is 0 Å². The Balaban J connectivity index is 1.66. The number of aliphatic hydroxyl groups is 3. The molecule has 5 aromatic rings. The van der Waals surface area contributed by atoms with Gasteiger partial charge in [0.25, 0.3) is 0 Å². The van der Waals surface area contributed by atoms with E-state index >= 15 is 0 Å². The maximum atomic E-state index is 10.7. The van der Waals surface area contributed by atoms with Crippen LogP contribution in [0.5, 0.6) is 0 Å². The number of rotatable bonds is 3. The van der Waals surface area contributed by atoms with Crippen LogP contribution in [0.1, 0.15) is 6.23 Å². The molecule has 4 atom stereocenters. The zero-order valence-electron chi connectivity index (χ0n) is 16.6. The van der Waals surface area contributed by atoms with Crippen molar-refractivity contribution in [3.8, 4) is 11.5 Å². The predicted molar refractivity (Wildman–Crippen MR) is 118 cm³/mol. The Labute approximate surface area is 186 Å². The summed E-state index contributed by atoms with van der Waals surface area (Å²) in [4.78, 5) is 8.98. The van der Waals surface area contributed by atoms with Crippen LogP contribution in [-0.4, -0.2) is 54.8 Å². The first kappa shape index (κ1) is 19.7. The third-order valence-corrected chi connectivity index (χ3v) is 6.21. The van der Waals surface area contributed by atoms with Crippen molar-refractivity contribution in [1.82, 2.24) is 14.5 Å². The number of benzene rings is 2. The summed E-state index contributed by atoms with van der Waals surface area (Å²) in [5, 5.41) is 33.4. The number of hydrogen-bond donors (Lipinski definition) is 3. The van der Waals surface area contributed by atoms with Crippen LogP contribution >= 0.6 is 11.6 Å². The van der Waals surface area contributed by atoms with E-state index in [2.05, 4.69) is 9.97 Å². The van der Waals surface area contributed by atoms with Gasteiger partial charge in [0.2, 0.25) is 0 Å². The van der Waals surface area contributed by atoms with E-state index in [4.69, 9.17) is 20.8 Å². The molecule has 1 saturated heterocycles. The fourth-order valence-corrected chi connectivity index (χ4v) is 4.65. The average Bonchev–Trinajstić information content (AvgIpc) is 3.46.